The Morgan fingerprint density at radius 3 is 2.89 bits per heavy atom. The highest BCUT2D eigenvalue weighted by Gasteiger charge is 2.32. The number of rotatable bonds is 4. The number of carboxylic acid groups (broad SMARTS) is 1. The summed E-state index contributed by atoms with van der Waals surface area (Å²) in [6.07, 6.45) is 6.57. The van der Waals surface area contributed by atoms with Crippen LogP contribution in [-0.2, 0) is 7.05 Å². The molecule has 146 valence electrons. The van der Waals surface area contributed by atoms with Gasteiger partial charge in [-0.3, -0.25) is 9.89 Å². The molecule has 10 heteroatoms. The Balaban J connectivity index is 1.64. The van der Waals surface area contributed by atoms with Gasteiger partial charge in [-0.15, -0.1) is 0 Å². The van der Waals surface area contributed by atoms with Gasteiger partial charge in [0.15, 0.2) is 5.82 Å². The molecule has 0 aromatic carbocycles. The molecule has 0 radical (unpaired) electrons. The van der Waals surface area contributed by atoms with Gasteiger partial charge < -0.3 is 10.0 Å². The zero-order valence-electron chi connectivity index (χ0n) is 15.7. The second-order valence-electron chi connectivity index (χ2n) is 6.95. The topological polar surface area (TPSA) is 122 Å². The smallest absolute Gasteiger partial charge is 0.354 e. The van der Waals surface area contributed by atoms with Crippen molar-refractivity contribution in [2.24, 2.45) is 7.05 Å². The molecular weight excluding hydrogens is 362 g/mol. The summed E-state index contributed by atoms with van der Waals surface area (Å²) in [7, 11) is 1.78. The lowest BCUT2D eigenvalue weighted by Crippen LogP contribution is -2.40. The van der Waals surface area contributed by atoms with Crippen LogP contribution in [0.25, 0.3) is 5.82 Å². The number of hydrogen-bond acceptors (Lipinski definition) is 5. The lowest BCUT2D eigenvalue weighted by molar-refractivity contribution is 0.0686. The number of carbonyl (C=O) groups excluding carboxylic acids is 1. The summed E-state index contributed by atoms with van der Waals surface area (Å²) >= 11 is 0. The van der Waals surface area contributed by atoms with Crippen molar-refractivity contribution in [1.82, 2.24) is 34.7 Å². The van der Waals surface area contributed by atoms with Gasteiger partial charge in [0.1, 0.15) is 11.3 Å². The molecule has 0 saturated carbocycles. The Hall–Kier alpha value is -3.43. The van der Waals surface area contributed by atoms with Crippen molar-refractivity contribution in [3.63, 3.8) is 0 Å². The minimum atomic E-state index is -1.04. The molecule has 1 fully saturated rings. The molecule has 1 atom stereocenters. The van der Waals surface area contributed by atoms with E-state index in [0.29, 0.717) is 35.7 Å². The third-order valence-electron chi connectivity index (χ3n) is 5.16. The average Bonchev–Trinajstić information content (AvgIpc) is 3.41. The number of hydrogen-bond donors (Lipinski definition) is 2. The molecule has 1 unspecified atom stereocenters. The second kappa shape index (κ2) is 6.95. The van der Waals surface area contributed by atoms with Crippen LogP contribution in [0, 0.1) is 6.92 Å². The van der Waals surface area contributed by atoms with E-state index in [4.69, 9.17) is 0 Å². The van der Waals surface area contributed by atoms with Crippen molar-refractivity contribution >= 4 is 11.9 Å². The van der Waals surface area contributed by atoms with Gasteiger partial charge >= 0.3 is 5.97 Å². The number of aromatic carboxylic acids is 1. The molecule has 28 heavy (non-hydrogen) atoms. The number of aromatic nitrogens is 6. The van der Waals surface area contributed by atoms with E-state index >= 15 is 0 Å². The number of amides is 1. The highest BCUT2D eigenvalue weighted by Crippen LogP contribution is 2.30. The largest absolute Gasteiger partial charge is 0.477 e. The van der Waals surface area contributed by atoms with Gasteiger partial charge in [-0.2, -0.15) is 15.3 Å². The van der Waals surface area contributed by atoms with E-state index < -0.39 is 5.97 Å². The van der Waals surface area contributed by atoms with Gasteiger partial charge in [0.25, 0.3) is 5.91 Å². The minimum Gasteiger partial charge on any atom is -0.477 e. The first-order valence-corrected chi connectivity index (χ1v) is 9.06. The Labute approximate surface area is 160 Å². The van der Waals surface area contributed by atoms with E-state index in [1.54, 1.807) is 52.9 Å². The number of aryl methyl sites for hydroxylation is 2. The molecule has 4 heterocycles. The molecule has 1 aliphatic rings. The predicted molar refractivity (Wildman–Crippen MR) is 98.5 cm³/mol. The van der Waals surface area contributed by atoms with Gasteiger partial charge in [-0.25, -0.2) is 14.2 Å². The number of carboxylic acids is 1. The third kappa shape index (κ3) is 2.96. The highest BCUT2D eigenvalue weighted by atomic mass is 16.4. The SMILES string of the molecule is Cc1nn(C)c(-n2cccn2)c1C(=O)N1CCCC(c2cn[nH]c2C(=O)O)C1. The first kappa shape index (κ1) is 18.0. The lowest BCUT2D eigenvalue weighted by Gasteiger charge is -2.32. The van der Waals surface area contributed by atoms with E-state index in [9.17, 15) is 14.7 Å². The van der Waals surface area contributed by atoms with Crippen LogP contribution in [0.4, 0.5) is 0 Å². The number of likely N-dealkylation sites (tertiary alicyclic amines) is 1. The number of aromatic amines is 1. The number of H-pyrrole nitrogens is 1. The summed E-state index contributed by atoms with van der Waals surface area (Å²) in [5.41, 5.74) is 1.88. The standard InChI is InChI=1S/C18H21N7O3/c1-11-14(16(23(2)22-11)25-8-4-6-20-25)17(26)24-7-3-5-12(10-24)13-9-19-21-15(13)18(27)28/h4,6,8-9,12H,3,5,7,10H2,1-2H3,(H,19,21)(H,27,28). The molecular formula is C18H21N7O3. The molecule has 0 spiro atoms. The third-order valence-corrected chi connectivity index (χ3v) is 5.16. The molecule has 0 aliphatic carbocycles. The van der Waals surface area contributed by atoms with Crippen molar-refractivity contribution in [3.8, 4) is 5.82 Å². The van der Waals surface area contributed by atoms with Crippen molar-refractivity contribution in [2.75, 3.05) is 13.1 Å². The summed E-state index contributed by atoms with van der Waals surface area (Å²) < 4.78 is 3.28. The summed E-state index contributed by atoms with van der Waals surface area (Å²) in [6, 6.07) is 1.79. The van der Waals surface area contributed by atoms with Crippen LogP contribution < -0.4 is 0 Å². The normalized spacial score (nSPS) is 17.1. The monoisotopic (exact) mass is 383 g/mol. The van der Waals surface area contributed by atoms with Crippen molar-refractivity contribution < 1.29 is 14.7 Å². The molecule has 3 aromatic rings. The molecule has 3 aromatic heterocycles. The maximum atomic E-state index is 13.4. The number of carbonyl (C=O) groups is 2. The molecule has 4 rings (SSSR count). The first-order chi connectivity index (χ1) is 13.5. The van der Waals surface area contributed by atoms with E-state index in [1.165, 1.54) is 0 Å². The fourth-order valence-corrected chi connectivity index (χ4v) is 3.90. The summed E-state index contributed by atoms with van der Waals surface area (Å²) in [4.78, 5) is 26.6. The van der Waals surface area contributed by atoms with Crippen molar-refractivity contribution in [2.45, 2.75) is 25.7 Å². The van der Waals surface area contributed by atoms with Crippen molar-refractivity contribution in [1.29, 1.82) is 0 Å². The van der Waals surface area contributed by atoms with Crippen LogP contribution in [0.3, 0.4) is 0 Å². The quantitative estimate of drug-likeness (QED) is 0.701. The van der Waals surface area contributed by atoms with Crippen LogP contribution in [0.1, 0.15) is 50.9 Å². The zero-order valence-corrected chi connectivity index (χ0v) is 15.7. The Kier molecular flexibility index (Phi) is 4.46. The van der Waals surface area contributed by atoms with Gasteiger partial charge in [-0.05, 0) is 25.8 Å². The van der Waals surface area contributed by atoms with Crippen LogP contribution >= 0.6 is 0 Å². The number of nitrogens with one attached hydrogen (secondary N) is 1. The maximum Gasteiger partial charge on any atom is 0.354 e. The highest BCUT2D eigenvalue weighted by molar-refractivity contribution is 5.98. The Morgan fingerprint density at radius 2 is 2.18 bits per heavy atom. The zero-order chi connectivity index (χ0) is 19.8. The number of nitrogens with zero attached hydrogens (tertiary/aromatic N) is 6. The molecule has 2 N–H and O–H groups in total. The fourth-order valence-electron chi connectivity index (χ4n) is 3.90. The van der Waals surface area contributed by atoms with Crippen LogP contribution in [-0.4, -0.2) is 64.7 Å². The lowest BCUT2D eigenvalue weighted by atomic mass is 9.90. The van der Waals surface area contributed by atoms with Gasteiger partial charge in [-0.1, -0.05) is 0 Å². The molecule has 1 amide bonds. The van der Waals surface area contributed by atoms with E-state index in [2.05, 4.69) is 20.4 Å². The molecule has 0 bridgehead atoms. The maximum absolute atomic E-state index is 13.4. The molecule has 1 aliphatic heterocycles. The van der Waals surface area contributed by atoms with Gasteiger partial charge in [0.2, 0.25) is 0 Å². The second-order valence-corrected chi connectivity index (χ2v) is 6.95. The summed E-state index contributed by atoms with van der Waals surface area (Å²) in [5, 5.41) is 24.4. The summed E-state index contributed by atoms with van der Waals surface area (Å²) in [5.74, 6) is -0.627. The van der Waals surface area contributed by atoms with Crippen molar-refractivity contribution in [3.05, 3.63) is 47.2 Å². The molecule has 1 saturated heterocycles. The Morgan fingerprint density at radius 1 is 1.36 bits per heavy atom. The molecule has 10 nitrogen and oxygen atoms in total. The van der Waals surface area contributed by atoms with E-state index in [-0.39, 0.29) is 17.5 Å². The fraction of sp³-hybridized carbons (Fsp3) is 0.389. The van der Waals surface area contributed by atoms with E-state index in [0.717, 1.165) is 12.8 Å². The van der Waals surface area contributed by atoms with Crippen LogP contribution in [0.2, 0.25) is 0 Å². The van der Waals surface area contributed by atoms with Gasteiger partial charge in [0.05, 0.1) is 11.9 Å². The number of piperidine rings is 1. The van der Waals surface area contributed by atoms with Crippen LogP contribution in [0.15, 0.2) is 24.7 Å². The minimum absolute atomic E-state index is 0.0762. The Bertz CT molecular complexity index is 1020. The first-order valence-electron chi connectivity index (χ1n) is 9.06. The average molecular weight is 383 g/mol. The van der Waals surface area contributed by atoms with E-state index in [1.807, 2.05) is 0 Å². The van der Waals surface area contributed by atoms with Gasteiger partial charge in [0, 0.05) is 44.0 Å². The predicted octanol–water partition coefficient (Wildman–Crippen LogP) is 1.36. The summed E-state index contributed by atoms with van der Waals surface area (Å²) in [6.45, 7) is 2.86. The van der Waals surface area contributed by atoms with Crippen LogP contribution in [0.5, 0.6) is 0 Å².